The second-order valence-electron chi connectivity index (χ2n) is 7.24. The molecule has 128 valence electrons. The van der Waals surface area contributed by atoms with Crippen LogP contribution in [-0.4, -0.2) is 26.4 Å². The van der Waals surface area contributed by atoms with Crippen LogP contribution in [0.25, 0.3) is 0 Å². The standard InChI is InChI=1S/C19H26N4S/c1-13-18(24-14(2)21-13)12-23-9-8-17-16(11-23)10-20-19(22-17)15-6-4-3-5-7-15/h10,15H,3-9,11-12H2,1-2H3. The van der Waals surface area contributed by atoms with Gasteiger partial charge in [-0.25, -0.2) is 15.0 Å². The number of hydrogen-bond donors (Lipinski definition) is 0. The normalized spacial score (nSPS) is 19.4. The molecule has 5 heteroatoms. The molecule has 0 radical (unpaired) electrons. The monoisotopic (exact) mass is 342 g/mol. The fourth-order valence-corrected chi connectivity index (χ4v) is 4.99. The van der Waals surface area contributed by atoms with Crippen molar-refractivity contribution in [2.45, 2.75) is 71.4 Å². The highest BCUT2D eigenvalue weighted by Gasteiger charge is 2.23. The molecule has 0 bridgehead atoms. The molecule has 0 aromatic carbocycles. The Morgan fingerprint density at radius 3 is 2.75 bits per heavy atom. The third-order valence-corrected chi connectivity index (χ3v) is 6.43. The van der Waals surface area contributed by atoms with E-state index in [-0.39, 0.29) is 0 Å². The molecule has 1 fully saturated rings. The zero-order valence-corrected chi connectivity index (χ0v) is 15.5. The third kappa shape index (κ3) is 3.38. The van der Waals surface area contributed by atoms with Crippen LogP contribution in [0.5, 0.6) is 0 Å². The molecule has 2 aromatic rings. The minimum absolute atomic E-state index is 0.602. The van der Waals surface area contributed by atoms with Gasteiger partial charge in [-0.1, -0.05) is 19.3 Å². The summed E-state index contributed by atoms with van der Waals surface area (Å²) in [5.74, 6) is 1.71. The van der Waals surface area contributed by atoms with Gasteiger partial charge in [0, 0.05) is 54.3 Å². The maximum absolute atomic E-state index is 4.95. The minimum atomic E-state index is 0.602. The highest BCUT2D eigenvalue weighted by atomic mass is 32.1. The summed E-state index contributed by atoms with van der Waals surface area (Å²) in [4.78, 5) is 18.1. The van der Waals surface area contributed by atoms with E-state index in [1.807, 2.05) is 11.3 Å². The predicted molar refractivity (Wildman–Crippen MR) is 97.3 cm³/mol. The summed E-state index contributed by atoms with van der Waals surface area (Å²) >= 11 is 1.83. The highest BCUT2D eigenvalue weighted by Crippen LogP contribution is 2.31. The fourth-order valence-electron chi connectivity index (χ4n) is 4.01. The quantitative estimate of drug-likeness (QED) is 0.840. The van der Waals surface area contributed by atoms with Crippen LogP contribution < -0.4 is 0 Å². The van der Waals surface area contributed by atoms with Gasteiger partial charge < -0.3 is 0 Å². The molecule has 1 saturated carbocycles. The maximum atomic E-state index is 4.95. The van der Waals surface area contributed by atoms with Gasteiger partial charge in [-0.2, -0.15) is 0 Å². The number of thiazole rings is 1. The molecule has 24 heavy (non-hydrogen) atoms. The van der Waals surface area contributed by atoms with Crippen molar-refractivity contribution in [3.8, 4) is 0 Å². The van der Waals surface area contributed by atoms with Crippen LogP contribution in [0, 0.1) is 13.8 Å². The Morgan fingerprint density at radius 1 is 1.17 bits per heavy atom. The first-order valence-corrected chi connectivity index (χ1v) is 10.0. The summed E-state index contributed by atoms with van der Waals surface area (Å²) in [7, 11) is 0. The van der Waals surface area contributed by atoms with E-state index in [1.165, 1.54) is 58.9 Å². The van der Waals surface area contributed by atoms with E-state index in [0.717, 1.165) is 31.9 Å². The zero-order chi connectivity index (χ0) is 16.5. The van der Waals surface area contributed by atoms with Crippen LogP contribution in [0.4, 0.5) is 0 Å². The first-order valence-electron chi connectivity index (χ1n) is 9.19. The molecular weight excluding hydrogens is 316 g/mol. The van der Waals surface area contributed by atoms with Crippen LogP contribution in [0.2, 0.25) is 0 Å². The average molecular weight is 343 g/mol. The molecule has 1 aliphatic heterocycles. The molecule has 4 rings (SSSR count). The largest absolute Gasteiger partial charge is 0.293 e. The van der Waals surface area contributed by atoms with E-state index in [0.29, 0.717) is 5.92 Å². The first-order chi connectivity index (χ1) is 11.7. The Bertz CT molecular complexity index is 718. The van der Waals surface area contributed by atoms with Gasteiger partial charge in [0.2, 0.25) is 0 Å². The molecule has 0 saturated heterocycles. The molecule has 0 spiro atoms. The van der Waals surface area contributed by atoms with Crippen molar-refractivity contribution in [2.75, 3.05) is 6.54 Å². The van der Waals surface area contributed by atoms with Gasteiger partial charge >= 0.3 is 0 Å². The van der Waals surface area contributed by atoms with Crippen molar-refractivity contribution in [3.63, 3.8) is 0 Å². The lowest BCUT2D eigenvalue weighted by Crippen LogP contribution is -2.31. The fraction of sp³-hybridized carbons (Fsp3) is 0.632. The number of nitrogens with zero attached hydrogens (tertiary/aromatic N) is 4. The Balaban J connectivity index is 1.46. The van der Waals surface area contributed by atoms with Crippen molar-refractivity contribution in [2.24, 2.45) is 0 Å². The molecule has 0 N–H and O–H groups in total. The number of aromatic nitrogens is 3. The van der Waals surface area contributed by atoms with Crippen molar-refractivity contribution in [1.29, 1.82) is 0 Å². The van der Waals surface area contributed by atoms with E-state index >= 15 is 0 Å². The molecule has 1 aliphatic carbocycles. The van der Waals surface area contributed by atoms with Gasteiger partial charge in [0.05, 0.1) is 10.7 Å². The molecule has 4 nitrogen and oxygen atoms in total. The second-order valence-corrected chi connectivity index (χ2v) is 8.52. The van der Waals surface area contributed by atoms with E-state index < -0.39 is 0 Å². The summed E-state index contributed by atoms with van der Waals surface area (Å²) in [5.41, 5.74) is 3.80. The Morgan fingerprint density at radius 2 is 2.00 bits per heavy atom. The van der Waals surface area contributed by atoms with Crippen LogP contribution >= 0.6 is 11.3 Å². The second kappa shape index (κ2) is 6.89. The summed E-state index contributed by atoms with van der Waals surface area (Å²) in [6, 6.07) is 0. The van der Waals surface area contributed by atoms with Crippen molar-refractivity contribution in [3.05, 3.63) is 38.9 Å². The van der Waals surface area contributed by atoms with Crippen LogP contribution in [0.15, 0.2) is 6.20 Å². The van der Waals surface area contributed by atoms with Crippen molar-refractivity contribution >= 4 is 11.3 Å². The highest BCUT2D eigenvalue weighted by molar-refractivity contribution is 7.11. The molecule has 0 atom stereocenters. The number of fused-ring (bicyclic) bond motifs is 1. The van der Waals surface area contributed by atoms with E-state index in [1.54, 1.807) is 0 Å². The summed E-state index contributed by atoms with van der Waals surface area (Å²) in [6.07, 6.45) is 9.76. The van der Waals surface area contributed by atoms with E-state index in [2.05, 4.69) is 29.9 Å². The Hall–Kier alpha value is -1.33. The van der Waals surface area contributed by atoms with E-state index in [4.69, 9.17) is 9.97 Å². The molecule has 0 unspecified atom stereocenters. The zero-order valence-electron chi connectivity index (χ0n) is 14.7. The van der Waals surface area contributed by atoms with Gasteiger partial charge in [-0.15, -0.1) is 11.3 Å². The van der Waals surface area contributed by atoms with E-state index in [9.17, 15) is 0 Å². The first kappa shape index (κ1) is 16.2. The molecule has 2 aliphatic rings. The van der Waals surface area contributed by atoms with Gasteiger partial charge in [-0.3, -0.25) is 4.90 Å². The van der Waals surface area contributed by atoms with Crippen molar-refractivity contribution < 1.29 is 0 Å². The molecular formula is C19H26N4S. The van der Waals surface area contributed by atoms with Gasteiger partial charge in [0.25, 0.3) is 0 Å². The maximum Gasteiger partial charge on any atom is 0.131 e. The summed E-state index contributed by atoms with van der Waals surface area (Å²) in [5, 5.41) is 1.17. The predicted octanol–water partition coefficient (Wildman–Crippen LogP) is 4.16. The minimum Gasteiger partial charge on any atom is -0.293 e. The van der Waals surface area contributed by atoms with Crippen LogP contribution in [0.1, 0.15) is 70.7 Å². The molecule has 0 amide bonds. The lowest BCUT2D eigenvalue weighted by Gasteiger charge is -2.28. The molecule has 2 aromatic heterocycles. The third-order valence-electron chi connectivity index (χ3n) is 5.37. The smallest absolute Gasteiger partial charge is 0.131 e. The van der Waals surface area contributed by atoms with Gasteiger partial charge in [0.1, 0.15) is 5.82 Å². The lowest BCUT2D eigenvalue weighted by atomic mass is 9.88. The van der Waals surface area contributed by atoms with Gasteiger partial charge in [0.15, 0.2) is 0 Å². The number of rotatable bonds is 3. The van der Waals surface area contributed by atoms with Gasteiger partial charge in [-0.05, 0) is 26.7 Å². The van der Waals surface area contributed by atoms with Crippen LogP contribution in [-0.2, 0) is 19.5 Å². The van der Waals surface area contributed by atoms with Crippen LogP contribution in [0.3, 0.4) is 0 Å². The number of hydrogen-bond acceptors (Lipinski definition) is 5. The SMILES string of the molecule is Cc1nc(C)c(CN2CCc3nc(C4CCCCC4)ncc3C2)s1. The average Bonchev–Trinajstić information content (AvgIpc) is 2.92. The van der Waals surface area contributed by atoms with Crippen molar-refractivity contribution in [1.82, 2.24) is 19.9 Å². The lowest BCUT2D eigenvalue weighted by molar-refractivity contribution is 0.243. The Labute approximate surface area is 148 Å². The number of aryl methyl sites for hydroxylation is 2. The topological polar surface area (TPSA) is 41.9 Å². The summed E-state index contributed by atoms with van der Waals surface area (Å²) < 4.78 is 0. The molecule has 3 heterocycles. The summed E-state index contributed by atoms with van der Waals surface area (Å²) in [6.45, 7) is 7.27. The Kier molecular flexibility index (Phi) is 4.63.